The molecule has 0 fully saturated rings. The molecule has 0 aromatic carbocycles. The number of rotatable bonds is 7. The second-order valence-electron chi connectivity index (χ2n) is 3.42. The molecule has 0 saturated heterocycles. The Labute approximate surface area is 98.4 Å². The zero-order valence-corrected chi connectivity index (χ0v) is 10.8. The summed E-state index contributed by atoms with van der Waals surface area (Å²) < 4.78 is 15.7. The molecule has 94 valence electrons. The second-order valence-corrected chi connectivity index (χ2v) is 5.22. The quantitative estimate of drug-likeness (QED) is 0.655. The number of hydrogen-bond acceptors (Lipinski definition) is 4. The third-order valence-electron chi connectivity index (χ3n) is 2.01. The fourth-order valence-electron chi connectivity index (χ4n) is 0.912. The van der Waals surface area contributed by atoms with Crippen LogP contribution in [0.2, 0.25) is 0 Å². The van der Waals surface area contributed by atoms with Crippen LogP contribution in [0, 0.1) is 0 Å². The van der Waals surface area contributed by atoms with Gasteiger partial charge in [0, 0.05) is 35.3 Å². The molecule has 0 aromatic rings. The SMILES string of the molecule is CCOC(=O)CCC(=O)NCC(C)S(C)=O. The number of hydrogen-bond donors (Lipinski definition) is 1. The van der Waals surface area contributed by atoms with Crippen LogP contribution in [-0.2, 0) is 25.1 Å². The van der Waals surface area contributed by atoms with Crippen LogP contribution in [0.5, 0.6) is 0 Å². The van der Waals surface area contributed by atoms with E-state index in [4.69, 9.17) is 0 Å². The van der Waals surface area contributed by atoms with Gasteiger partial charge < -0.3 is 10.1 Å². The summed E-state index contributed by atoms with van der Waals surface area (Å²) in [5, 5.41) is 2.54. The Hall–Kier alpha value is -0.910. The number of ether oxygens (including phenoxy) is 1. The molecule has 0 aliphatic rings. The molecule has 16 heavy (non-hydrogen) atoms. The maximum Gasteiger partial charge on any atom is 0.306 e. The lowest BCUT2D eigenvalue weighted by atomic mass is 10.3. The minimum absolute atomic E-state index is 0.0773. The van der Waals surface area contributed by atoms with Crippen molar-refractivity contribution in [2.75, 3.05) is 19.4 Å². The number of esters is 1. The minimum Gasteiger partial charge on any atom is -0.466 e. The molecule has 1 amide bonds. The fraction of sp³-hybridized carbons (Fsp3) is 0.800. The van der Waals surface area contributed by atoms with Gasteiger partial charge in [-0.1, -0.05) is 0 Å². The molecule has 5 nitrogen and oxygen atoms in total. The monoisotopic (exact) mass is 249 g/mol. The lowest BCUT2D eigenvalue weighted by molar-refractivity contribution is -0.144. The number of amides is 1. The van der Waals surface area contributed by atoms with Crippen molar-refractivity contribution < 1.29 is 18.5 Å². The van der Waals surface area contributed by atoms with Gasteiger partial charge in [-0.15, -0.1) is 0 Å². The van der Waals surface area contributed by atoms with Gasteiger partial charge in [0.05, 0.1) is 13.0 Å². The van der Waals surface area contributed by atoms with Gasteiger partial charge >= 0.3 is 5.97 Å². The van der Waals surface area contributed by atoms with Gasteiger partial charge in [0.15, 0.2) is 0 Å². The van der Waals surface area contributed by atoms with Crippen LogP contribution < -0.4 is 5.32 Å². The van der Waals surface area contributed by atoms with Gasteiger partial charge in [0.2, 0.25) is 5.91 Å². The predicted molar refractivity (Wildman–Crippen MR) is 62.4 cm³/mol. The highest BCUT2D eigenvalue weighted by atomic mass is 32.2. The molecule has 0 saturated carbocycles. The number of carbonyl (C=O) groups is 2. The van der Waals surface area contributed by atoms with Gasteiger partial charge in [-0.25, -0.2) is 0 Å². The van der Waals surface area contributed by atoms with E-state index in [2.05, 4.69) is 10.1 Å². The summed E-state index contributed by atoms with van der Waals surface area (Å²) >= 11 is 0. The first kappa shape index (κ1) is 15.1. The Morgan fingerprint density at radius 3 is 2.50 bits per heavy atom. The van der Waals surface area contributed by atoms with Gasteiger partial charge in [-0.05, 0) is 13.8 Å². The number of carbonyl (C=O) groups excluding carboxylic acids is 2. The second kappa shape index (κ2) is 8.27. The van der Waals surface area contributed by atoms with Crippen molar-refractivity contribution in [3.63, 3.8) is 0 Å². The molecule has 0 aliphatic carbocycles. The first-order chi connectivity index (χ1) is 7.47. The minimum atomic E-state index is -0.949. The van der Waals surface area contributed by atoms with Crippen molar-refractivity contribution >= 4 is 22.7 Å². The van der Waals surface area contributed by atoms with Crippen LogP contribution in [-0.4, -0.2) is 40.7 Å². The van der Waals surface area contributed by atoms with Crippen LogP contribution in [0.4, 0.5) is 0 Å². The topological polar surface area (TPSA) is 72.5 Å². The standard InChI is InChI=1S/C10H19NO4S/c1-4-15-10(13)6-5-9(12)11-7-8(2)16(3)14/h8H,4-7H2,1-3H3,(H,11,12). The van der Waals surface area contributed by atoms with E-state index < -0.39 is 10.8 Å². The molecular weight excluding hydrogens is 230 g/mol. The maximum absolute atomic E-state index is 11.3. The Morgan fingerprint density at radius 2 is 2.00 bits per heavy atom. The molecule has 1 N–H and O–H groups in total. The Morgan fingerprint density at radius 1 is 1.38 bits per heavy atom. The third-order valence-corrected chi connectivity index (χ3v) is 3.31. The molecular formula is C10H19NO4S. The van der Waals surface area contributed by atoms with Crippen molar-refractivity contribution in [3.05, 3.63) is 0 Å². The first-order valence-electron chi connectivity index (χ1n) is 5.22. The molecule has 2 atom stereocenters. The summed E-state index contributed by atoms with van der Waals surface area (Å²) in [6, 6.07) is 0. The predicted octanol–water partition coefficient (Wildman–Crippen LogP) is 0.213. The van der Waals surface area contributed by atoms with E-state index in [1.165, 1.54) is 0 Å². The fourth-order valence-corrected chi connectivity index (χ4v) is 1.23. The summed E-state index contributed by atoms with van der Waals surface area (Å²) in [6.07, 6.45) is 1.79. The molecule has 0 aliphatic heterocycles. The zero-order valence-electron chi connectivity index (χ0n) is 9.95. The molecule has 0 radical (unpaired) electrons. The molecule has 0 bridgehead atoms. The highest BCUT2D eigenvalue weighted by Gasteiger charge is 2.10. The average molecular weight is 249 g/mol. The third kappa shape index (κ3) is 7.39. The molecule has 0 spiro atoms. The summed E-state index contributed by atoms with van der Waals surface area (Å²) in [6.45, 7) is 4.20. The van der Waals surface area contributed by atoms with Gasteiger partial charge in [0.25, 0.3) is 0 Å². The highest BCUT2D eigenvalue weighted by Crippen LogP contribution is 1.94. The van der Waals surface area contributed by atoms with Crippen LogP contribution in [0.15, 0.2) is 0 Å². The molecule has 0 rings (SSSR count). The van der Waals surface area contributed by atoms with Crippen molar-refractivity contribution in [1.82, 2.24) is 5.32 Å². The van der Waals surface area contributed by atoms with Crippen molar-refractivity contribution in [3.8, 4) is 0 Å². The van der Waals surface area contributed by atoms with E-state index in [0.29, 0.717) is 13.2 Å². The molecule has 6 heteroatoms. The van der Waals surface area contributed by atoms with E-state index in [9.17, 15) is 13.8 Å². The molecule has 0 heterocycles. The molecule has 0 aromatic heterocycles. The van der Waals surface area contributed by atoms with E-state index in [1.54, 1.807) is 20.1 Å². The van der Waals surface area contributed by atoms with Gasteiger partial charge in [-0.2, -0.15) is 0 Å². The lowest BCUT2D eigenvalue weighted by Gasteiger charge is -2.09. The van der Waals surface area contributed by atoms with E-state index in [0.717, 1.165) is 0 Å². The normalized spacial score (nSPS) is 13.9. The lowest BCUT2D eigenvalue weighted by Crippen LogP contribution is -2.32. The van der Waals surface area contributed by atoms with Crippen molar-refractivity contribution in [1.29, 1.82) is 0 Å². The van der Waals surface area contributed by atoms with E-state index in [1.807, 2.05) is 0 Å². The summed E-state index contributed by atoms with van der Waals surface area (Å²) in [4.78, 5) is 22.2. The molecule has 2 unspecified atom stereocenters. The Kier molecular flexibility index (Phi) is 7.80. The van der Waals surface area contributed by atoms with Crippen LogP contribution in [0.1, 0.15) is 26.7 Å². The Balaban J connectivity index is 3.67. The summed E-state index contributed by atoms with van der Waals surface area (Å²) in [7, 11) is -0.949. The van der Waals surface area contributed by atoms with Crippen molar-refractivity contribution in [2.24, 2.45) is 0 Å². The van der Waals surface area contributed by atoms with Crippen LogP contribution in [0.25, 0.3) is 0 Å². The summed E-state index contributed by atoms with van der Waals surface area (Å²) in [5.74, 6) is -0.588. The smallest absolute Gasteiger partial charge is 0.306 e. The first-order valence-corrected chi connectivity index (χ1v) is 6.84. The van der Waals surface area contributed by atoms with Gasteiger partial charge in [-0.3, -0.25) is 13.8 Å². The van der Waals surface area contributed by atoms with Crippen molar-refractivity contribution in [2.45, 2.75) is 31.9 Å². The zero-order chi connectivity index (χ0) is 12.6. The van der Waals surface area contributed by atoms with Crippen LogP contribution >= 0.6 is 0 Å². The number of nitrogens with one attached hydrogen (secondary N) is 1. The largest absolute Gasteiger partial charge is 0.466 e. The van der Waals surface area contributed by atoms with E-state index >= 15 is 0 Å². The summed E-state index contributed by atoms with van der Waals surface area (Å²) in [5.41, 5.74) is 0. The maximum atomic E-state index is 11.3. The Bertz CT molecular complexity index is 268. The van der Waals surface area contributed by atoms with Crippen LogP contribution in [0.3, 0.4) is 0 Å². The average Bonchev–Trinajstić information content (AvgIpc) is 2.23. The van der Waals surface area contributed by atoms with E-state index in [-0.39, 0.29) is 30.0 Å². The highest BCUT2D eigenvalue weighted by molar-refractivity contribution is 7.84. The van der Waals surface area contributed by atoms with Gasteiger partial charge in [0.1, 0.15) is 0 Å².